The number of carbonyl (C=O) groups is 1. The first-order valence-corrected chi connectivity index (χ1v) is 5.61. The Balaban J connectivity index is 2.78. The fraction of sp³-hybridized carbons (Fsp3) is 0.462. The van der Waals surface area contributed by atoms with Gasteiger partial charge in [0.1, 0.15) is 5.82 Å². The zero-order valence-electron chi connectivity index (χ0n) is 10.5. The number of rotatable bonds is 3. The minimum atomic E-state index is -0.419. The molecule has 1 aromatic carbocycles. The Labute approximate surface area is 101 Å². The first kappa shape index (κ1) is 13.6. The van der Waals surface area contributed by atoms with Gasteiger partial charge in [0.15, 0.2) is 0 Å². The van der Waals surface area contributed by atoms with E-state index in [1.807, 2.05) is 20.8 Å². The summed E-state index contributed by atoms with van der Waals surface area (Å²) in [7, 11) is 0. The lowest BCUT2D eigenvalue weighted by atomic mass is 9.86. The monoisotopic (exact) mass is 238 g/mol. The molecular weight excluding hydrogens is 219 g/mol. The molecule has 94 valence electrons. The zero-order chi connectivity index (χ0) is 13.1. The van der Waals surface area contributed by atoms with Crippen LogP contribution in [-0.2, 0) is 0 Å². The van der Waals surface area contributed by atoms with Crippen LogP contribution in [0.2, 0.25) is 0 Å². The predicted molar refractivity (Wildman–Crippen MR) is 66.2 cm³/mol. The van der Waals surface area contributed by atoms with Crippen LogP contribution in [0.4, 0.5) is 4.39 Å². The molecule has 3 N–H and O–H groups in total. The molecule has 0 aliphatic carbocycles. The molecule has 4 heteroatoms. The number of halogens is 1. The van der Waals surface area contributed by atoms with Gasteiger partial charge in [-0.3, -0.25) is 4.79 Å². The summed E-state index contributed by atoms with van der Waals surface area (Å²) >= 11 is 0. The van der Waals surface area contributed by atoms with E-state index >= 15 is 0 Å². The number of nitrogens with two attached hydrogens (primary N) is 1. The Kier molecular flexibility index (Phi) is 4.23. The van der Waals surface area contributed by atoms with Crippen LogP contribution in [0.3, 0.4) is 0 Å². The largest absolute Gasteiger partial charge is 0.348 e. The highest BCUT2D eigenvalue weighted by molar-refractivity contribution is 5.94. The SMILES string of the molecule is CC(C)(C)C(CN)NC(=O)c1cccc(F)c1. The van der Waals surface area contributed by atoms with Crippen molar-refractivity contribution in [1.82, 2.24) is 5.32 Å². The van der Waals surface area contributed by atoms with E-state index in [1.54, 1.807) is 6.07 Å². The lowest BCUT2D eigenvalue weighted by Crippen LogP contribution is -2.48. The molecule has 1 rings (SSSR count). The van der Waals surface area contributed by atoms with Crippen LogP contribution in [0.5, 0.6) is 0 Å². The average molecular weight is 238 g/mol. The van der Waals surface area contributed by atoms with Crippen molar-refractivity contribution < 1.29 is 9.18 Å². The summed E-state index contributed by atoms with van der Waals surface area (Å²) in [6.07, 6.45) is 0. The van der Waals surface area contributed by atoms with E-state index in [-0.39, 0.29) is 17.4 Å². The fourth-order valence-corrected chi connectivity index (χ4v) is 1.50. The Morgan fingerprint density at radius 3 is 2.59 bits per heavy atom. The van der Waals surface area contributed by atoms with E-state index in [9.17, 15) is 9.18 Å². The minimum absolute atomic E-state index is 0.127. The summed E-state index contributed by atoms with van der Waals surface area (Å²) in [6.45, 7) is 6.34. The van der Waals surface area contributed by atoms with Gasteiger partial charge in [-0.1, -0.05) is 26.8 Å². The van der Waals surface area contributed by atoms with Crippen LogP contribution in [-0.4, -0.2) is 18.5 Å². The van der Waals surface area contributed by atoms with Crippen molar-refractivity contribution in [2.45, 2.75) is 26.8 Å². The van der Waals surface area contributed by atoms with E-state index < -0.39 is 5.82 Å². The van der Waals surface area contributed by atoms with Gasteiger partial charge in [-0.2, -0.15) is 0 Å². The molecule has 17 heavy (non-hydrogen) atoms. The van der Waals surface area contributed by atoms with Crippen LogP contribution in [0.15, 0.2) is 24.3 Å². The molecule has 1 amide bonds. The number of benzene rings is 1. The molecule has 0 fully saturated rings. The van der Waals surface area contributed by atoms with E-state index in [4.69, 9.17) is 5.73 Å². The van der Waals surface area contributed by atoms with Crippen molar-refractivity contribution in [1.29, 1.82) is 0 Å². The highest BCUT2D eigenvalue weighted by atomic mass is 19.1. The van der Waals surface area contributed by atoms with Crippen LogP contribution in [0, 0.1) is 11.2 Å². The van der Waals surface area contributed by atoms with Gasteiger partial charge in [-0.05, 0) is 23.6 Å². The van der Waals surface area contributed by atoms with Crippen LogP contribution < -0.4 is 11.1 Å². The summed E-state index contributed by atoms with van der Waals surface area (Å²) in [5.74, 6) is -0.715. The molecule has 0 radical (unpaired) electrons. The second kappa shape index (κ2) is 5.27. The standard InChI is InChI=1S/C13H19FN2O/c1-13(2,3)11(8-15)16-12(17)9-5-4-6-10(14)7-9/h4-7,11H,8,15H2,1-3H3,(H,16,17). The molecule has 0 saturated carbocycles. The number of hydrogen-bond donors (Lipinski definition) is 2. The highest BCUT2D eigenvalue weighted by Gasteiger charge is 2.25. The zero-order valence-corrected chi connectivity index (χ0v) is 10.5. The Hall–Kier alpha value is -1.42. The molecular formula is C13H19FN2O. The maximum atomic E-state index is 13.0. The van der Waals surface area contributed by atoms with E-state index in [1.165, 1.54) is 18.2 Å². The van der Waals surface area contributed by atoms with Gasteiger partial charge < -0.3 is 11.1 Å². The molecule has 0 aliphatic rings. The first-order chi connectivity index (χ1) is 7.84. The van der Waals surface area contributed by atoms with E-state index in [0.29, 0.717) is 12.1 Å². The fourth-order valence-electron chi connectivity index (χ4n) is 1.50. The molecule has 3 nitrogen and oxygen atoms in total. The molecule has 0 aromatic heterocycles. The summed E-state index contributed by atoms with van der Waals surface area (Å²) in [4.78, 5) is 11.9. The topological polar surface area (TPSA) is 55.1 Å². The quantitative estimate of drug-likeness (QED) is 0.845. The Morgan fingerprint density at radius 1 is 1.47 bits per heavy atom. The number of carbonyl (C=O) groups excluding carboxylic acids is 1. The second-order valence-electron chi connectivity index (χ2n) is 5.14. The van der Waals surface area contributed by atoms with Crippen molar-refractivity contribution in [3.05, 3.63) is 35.6 Å². The summed E-state index contributed by atoms with van der Waals surface area (Å²) in [5, 5.41) is 2.82. The van der Waals surface area contributed by atoms with Crippen LogP contribution in [0.25, 0.3) is 0 Å². The third kappa shape index (κ3) is 3.82. The van der Waals surface area contributed by atoms with Crippen LogP contribution in [0.1, 0.15) is 31.1 Å². The third-order valence-corrected chi connectivity index (χ3v) is 2.67. The minimum Gasteiger partial charge on any atom is -0.348 e. The molecule has 0 spiro atoms. The molecule has 0 aliphatic heterocycles. The van der Waals surface area contributed by atoms with Gasteiger partial charge in [0.25, 0.3) is 5.91 Å². The molecule has 0 heterocycles. The lowest BCUT2D eigenvalue weighted by Gasteiger charge is -2.30. The molecule has 0 bridgehead atoms. The third-order valence-electron chi connectivity index (χ3n) is 2.67. The first-order valence-electron chi connectivity index (χ1n) is 5.61. The van der Waals surface area contributed by atoms with Crippen molar-refractivity contribution in [2.75, 3.05) is 6.54 Å². The molecule has 1 aromatic rings. The smallest absolute Gasteiger partial charge is 0.251 e. The molecule has 0 saturated heterocycles. The van der Waals surface area contributed by atoms with Gasteiger partial charge in [0, 0.05) is 18.2 Å². The second-order valence-corrected chi connectivity index (χ2v) is 5.14. The predicted octanol–water partition coefficient (Wildman–Crippen LogP) is 1.93. The van der Waals surface area contributed by atoms with Crippen molar-refractivity contribution in [2.24, 2.45) is 11.1 Å². The number of nitrogens with one attached hydrogen (secondary N) is 1. The van der Waals surface area contributed by atoms with Crippen molar-refractivity contribution in [3.8, 4) is 0 Å². The summed E-state index contributed by atoms with van der Waals surface area (Å²) in [6, 6.07) is 5.47. The summed E-state index contributed by atoms with van der Waals surface area (Å²) < 4.78 is 13.0. The van der Waals surface area contributed by atoms with E-state index in [0.717, 1.165) is 0 Å². The highest BCUT2D eigenvalue weighted by Crippen LogP contribution is 2.18. The van der Waals surface area contributed by atoms with Crippen LogP contribution >= 0.6 is 0 Å². The maximum absolute atomic E-state index is 13.0. The van der Waals surface area contributed by atoms with E-state index in [2.05, 4.69) is 5.32 Å². The molecule has 1 atom stereocenters. The van der Waals surface area contributed by atoms with Gasteiger partial charge in [0.05, 0.1) is 0 Å². The molecule has 1 unspecified atom stereocenters. The number of amides is 1. The van der Waals surface area contributed by atoms with Crippen molar-refractivity contribution in [3.63, 3.8) is 0 Å². The lowest BCUT2D eigenvalue weighted by molar-refractivity contribution is 0.0905. The Bertz CT molecular complexity index is 399. The van der Waals surface area contributed by atoms with Gasteiger partial charge in [-0.15, -0.1) is 0 Å². The average Bonchev–Trinajstić information content (AvgIpc) is 2.23. The van der Waals surface area contributed by atoms with Crippen molar-refractivity contribution >= 4 is 5.91 Å². The Morgan fingerprint density at radius 2 is 2.12 bits per heavy atom. The summed E-state index contributed by atoms with van der Waals surface area (Å²) in [5.41, 5.74) is 5.81. The number of hydrogen-bond acceptors (Lipinski definition) is 2. The van der Waals surface area contributed by atoms with Gasteiger partial charge in [-0.25, -0.2) is 4.39 Å². The maximum Gasteiger partial charge on any atom is 0.251 e. The normalized spacial score (nSPS) is 13.2. The van der Waals surface area contributed by atoms with Gasteiger partial charge in [0.2, 0.25) is 0 Å². The van der Waals surface area contributed by atoms with Gasteiger partial charge >= 0.3 is 0 Å².